The standard InChI is InChI=1S/C22H29N5O2/c1-29-19-8-4-6-17(12-19)15-26-9-5-7-18(16-26)24-21-14-23-13-20(25-21)22(28)27-10-2-3-11-27/h4,6,8,12-14,18H,2-3,5,7,9-11,15-16H2,1H3,(H,24,25)/t18-/m0/s1. The van der Waals surface area contributed by atoms with Crippen LogP contribution in [0.3, 0.4) is 0 Å². The van der Waals surface area contributed by atoms with Gasteiger partial charge in [0.15, 0.2) is 0 Å². The zero-order valence-corrected chi connectivity index (χ0v) is 17.0. The Bertz CT molecular complexity index is 837. The zero-order valence-electron chi connectivity index (χ0n) is 17.0. The van der Waals surface area contributed by atoms with Crippen molar-refractivity contribution in [3.05, 3.63) is 47.9 Å². The normalized spacial score (nSPS) is 19.9. The van der Waals surface area contributed by atoms with E-state index in [1.807, 2.05) is 17.0 Å². The van der Waals surface area contributed by atoms with Crippen LogP contribution in [0.4, 0.5) is 5.82 Å². The van der Waals surface area contributed by atoms with Gasteiger partial charge in [0.1, 0.15) is 17.3 Å². The maximum atomic E-state index is 12.6. The van der Waals surface area contributed by atoms with Crippen LogP contribution in [0.2, 0.25) is 0 Å². The van der Waals surface area contributed by atoms with Gasteiger partial charge >= 0.3 is 0 Å². The van der Waals surface area contributed by atoms with E-state index in [1.165, 1.54) is 5.56 Å². The van der Waals surface area contributed by atoms with Gasteiger partial charge in [0.05, 0.1) is 19.5 Å². The summed E-state index contributed by atoms with van der Waals surface area (Å²) in [7, 11) is 1.70. The first-order chi connectivity index (χ1) is 14.2. The van der Waals surface area contributed by atoms with E-state index in [-0.39, 0.29) is 5.91 Å². The lowest BCUT2D eigenvalue weighted by molar-refractivity contribution is 0.0786. The van der Waals surface area contributed by atoms with Crippen molar-refractivity contribution in [3.63, 3.8) is 0 Å². The molecule has 7 nitrogen and oxygen atoms in total. The van der Waals surface area contributed by atoms with Gasteiger partial charge in [-0.2, -0.15) is 0 Å². The molecule has 0 saturated carbocycles. The average molecular weight is 396 g/mol. The molecule has 0 bridgehead atoms. The quantitative estimate of drug-likeness (QED) is 0.811. The lowest BCUT2D eigenvalue weighted by atomic mass is 10.0. The Morgan fingerprint density at radius 3 is 2.90 bits per heavy atom. The summed E-state index contributed by atoms with van der Waals surface area (Å²) in [6.07, 6.45) is 7.64. The van der Waals surface area contributed by atoms with Gasteiger partial charge in [0.25, 0.3) is 5.91 Å². The van der Waals surface area contributed by atoms with Crippen LogP contribution in [0.15, 0.2) is 36.7 Å². The summed E-state index contributed by atoms with van der Waals surface area (Å²) in [6, 6.07) is 8.53. The highest BCUT2D eigenvalue weighted by atomic mass is 16.5. The molecular formula is C22H29N5O2. The molecule has 7 heteroatoms. The highest BCUT2D eigenvalue weighted by Gasteiger charge is 2.23. The smallest absolute Gasteiger partial charge is 0.274 e. The van der Waals surface area contributed by atoms with E-state index in [4.69, 9.17) is 4.74 Å². The van der Waals surface area contributed by atoms with E-state index in [9.17, 15) is 4.79 Å². The van der Waals surface area contributed by atoms with Gasteiger partial charge in [-0.1, -0.05) is 12.1 Å². The van der Waals surface area contributed by atoms with Crippen LogP contribution in [0.5, 0.6) is 5.75 Å². The predicted molar refractivity (Wildman–Crippen MR) is 112 cm³/mol. The van der Waals surface area contributed by atoms with Crippen molar-refractivity contribution in [2.24, 2.45) is 0 Å². The van der Waals surface area contributed by atoms with Gasteiger partial charge in [0.2, 0.25) is 0 Å². The summed E-state index contributed by atoms with van der Waals surface area (Å²) >= 11 is 0. The number of nitrogens with zero attached hydrogens (tertiary/aromatic N) is 4. The van der Waals surface area contributed by atoms with Gasteiger partial charge in [0, 0.05) is 32.2 Å². The van der Waals surface area contributed by atoms with Crippen molar-refractivity contribution in [2.45, 2.75) is 38.3 Å². The number of carbonyl (C=O) groups is 1. The van der Waals surface area contributed by atoms with Crippen molar-refractivity contribution < 1.29 is 9.53 Å². The largest absolute Gasteiger partial charge is 0.497 e. The number of carbonyl (C=O) groups excluding carboxylic acids is 1. The summed E-state index contributed by atoms with van der Waals surface area (Å²) in [5.74, 6) is 1.56. The van der Waals surface area contributed by atoms with E-state index in [2.05, 4.69) is 32.3 Å². The summed E-state index contributed by atoms with van der Waals surface area (Å²) in [5.41, 5.74) is 1.68. The number of benzene rings is 1. The molecule has 1 aromatic carbocycles. The minimum atomic E-state index is -0.0121. The number of likely N-dealkylation sites (tertiary alicyclic amines) is 2. The molecule has 0 radical (unpaired) electrons. The highest BCUT2D eigenvalue weighted by molar-refractivity contribution is 5.92. The van der Waals surface area contributed by atoms with Gasteiger partial charge in [-0.3, -0.25) is 14.7 Å². The molecular weight excluding hydrogens is 366 g/mol. The third-order valence-electron chi connectivity index (χ3n) is 5.64. The monoisotopic (exact) mass is 395 g/mol. The maximum absolute atomic E-state index is 12.6. The molecule has 2 aliphatic heterocycles. The van der Waals surface area contributed by atoms with Crippen LogP contribution in [0, 0.1) is 0 Å². The molecule has 3 heterocycles. The summed E-state index contributed by atoms with van der Waals surface area (Å²) in [4.78, 5) is 25.7. The Balaban J connectivity index is 1.36. The Labute approximate surface area is 172 Å². The van der Waals surface area contributed by atoms with Crippen LogP contribution in [-0.2, 0) is 6.54 Å². The first kappa shape index (κ1) is 19.6. The van der Waals surface area contributed by atoms with E-state index in [0.717, 1.165) is 64.2 Å². The second-order valence-electron chi connectivity index (χ2n) is 7.86. The molecule has 154 valence electrons. The minimum absolute atomic E-state index is 0.0121. The first-order valence-corrected chi connectivity index (χ1v) is 10.4. The third kappa shape index (κ3) is 5.03. The van der Waals surface area contributed by atoms with Crippen LogP contribution in [0.1, 0.15) is 41.7 Å². The number of nitrogens with one attached hydrogen (secondary N) is 1. The SMILES string of the molecule is COc1cccc(CN2CCC[C@H](Nc3cncc(C(=O)N4CCCC4)n3)C2)c1. The Morgan fingerprint density at radius 2 is 2.07 bits per heavy atom. The molecule has 2 saturated heterocycles. The van der Waals surface area contributed by atoms with Gasteiger partial charge in [-0.05, 0) is 49.9 Å². The fourth-order valence-corrected chi connectivity index (χ4v) is 4.18. The van der Waals surface area contributed by atoms with Crippen LogP contribution < -0.4 is 10.1 Å². The number of anilines is 1. The highest BCUT2D eigenvalue weighted by Crippen LogP contribution is 2.20. The number of rotatable bonds is 6. The fraction of sp³-hybridized carbons (Fsp3) is 0.500. The van der Waals surface area contributed by atoms with Crippen LogP contribution >= 0.6 is 0 Å². The van der Waals surface area contributed by atoms with E-state index in [1.54, 1.807) is 19.5 Å². The molecule has 4 rings (SSSR count). The number of hydrogen-bond donors (Lipinski definition) is 1. The molecule has 1 aromatic heterocycles. The molecule has 1 N–H and O–H groups in total. The van der Waals surface area contributed by atoms with E-state index in [0.29, 0.717) is 17.6 Å². The molecule has 2 aromatic rings. The predicted octanol–water partition coefficient (Wildman–Crippen LogP) is 2.80. The molecule has 1 atom stereocenters. The average Bonchev–Trinajstić information content (AvgIpc) is 3.29. The van der Waals surface area contributed by atoms with Crippen molar-refractivity contribution in [2.75, 3.05) is 38.6 Å². The Kier molecular flexibility index (Phi) is 6.24. The molecule has 0 aliphatic carbocycles. The van der Waals surface area contributed by atoms with Crippen molar-refractivity contribution in [1.29, 1.82) is 0 Å². The van der Waals surface area contributed by atoms with Crippen LogP contribution in [0.25, 0.3) is 0 Å². The number of ether oxygens (including phenoxy) is 1. The molecule has 0 spiro atoms. The van der Waals surface area contributed by atoms with Crippen molar-refractivity contribution in [1.82, 2.24) is 19.8 Å². The third-order valence-corrected chi connectivity index (χ3v) is 5.64. The fourth-order valence-electron chi connectivity index (χ4n) is 4.18. The molecule has 2 fully saturated rings. The summed E-state index contributed by atoms with van der Waals surface area (Å²) in [5, 5.41) is 3.49. The second kappa shape index (κ2) is 9.22. The Morgan fingerprint density at radius 1 is 1.21 bits per heavy atom. The van der Waals surface area contributed by atoms with Gasteiger partial charge < -0.3 is 15.0 Å². The van der Waals surface area contributed by atoms with Crippen molar-refractivity contribution >= 4 is 11.7 Å². The summed E-state index contributed by atoms with van der Waals surface area (Å²) < 4.78 is 5.33. The summed E-state index contributed by atoms with van der Waals surface area (Å²) in [6.45, 7) is 4.55. The molecule has 2 aliphatic rings. The molecule has 0 unspecified atom stereocenters. The first-order valence-electron chi connectivity index (χ1n) is 10.4. The number of piperidine rings is 1. The zero-order chi connectivity index (χ0) is 20.1. The second-order valence-corrected chi connectivity index (χ2v) is 7.86. The number of hydrogen-bond acceptors (Lipinski definition) is 6. The molecule has 1 amide bonds. The van der Waals surface area contributed by atoms with Crippen molar-refractivity contribution in [3.8, 4) is 5.75 Å². The van der Waals surface area contributed by atoms with E-state index < -0.39 is 0 Å². The topological polar surface area (TPSA) is 70.6 Å². The number of methoxy groups -OCH3 is 1. The van der Waals surface area contributed by atoms with Crippen LogP contribution in [-0.4, -0.2) is 65.0 Å². The lowest BCUT2D eigenvalue weighted by Gasteiger charge is -2.33. The minimum Gasteiger partial charge on any atom is -0.497 e. The Hall–Kier alpha value is -2.67. The van der Waals surface area contributed by atoms with E-state index >= 15 is 0 Å². The molecule has 29 heavy (non-hydrogen) atoms. The number of amides is 1. The van der Waals surface area contributed by atoms with Gasteiger partial charge in [-0.25, -0.2) is 4.98 Å². The number of aromatic nitrogens is 2. The van der Waals surface area contributed by atoms with Gasteiger partial charge in [-0.15, -0.1) is 0 Å². The lowest BCUT2D eigenvalue weighted by Crippen LogP contribution is -2.41. The maximum Gasteiger partial charge on any atom is 0.274 e.